The van der Waals surface area contributed by atoms with E-state index in [2.05, 4.69) is 37.3 Å². The minimum atomic E-state index is -0.111. The molecule has 1 aliphatic rings. The zero-order valence-electron chi connectivity index (χ0n) is 17.5. The highest BCUT2D eigenvalue weighted by atomic mass is 32.1. The number of nitrogens with zero attached hydrogens (tertiary/aromatic N) is 3. The first-order valence-corrected chi connectivity index (χ1v) is 10.5. The number of ether oxygens (including phenoxy) is 1. The first kappa shape index (κ1) is 21.0. The van der Waals surface area contributed by atoms with Crippen molar-refractivity contribution < 1.29 is 9.53 Å². The van der Waals surface area contributed by atoms with Crippen LogP contribution in [0.4, 0.5) is 11.4 Å². The molecule has 8 heteroatoms. The van der Waals surface area contributed by atoms with E-state index in [1.807, 2.05) is 48.5 Å². The molecule has 2 N–H and O–H groups in total. The molecule has 31 heavy (non-hydrogen) atoms. The zero-order valence-corrected chi connectivity index (χ0v) is 18.3. The Morgan fingerprint density at radius 3 is 2.68 bits per heavy atom. The fraction of sp³-hybridized carbons (Fsp3) is 0.261. The number of carbonyl (C=O) groups is 1. The molecule has 1 saturated heterocycles. The summed E-state index contributed by atoms with van der Waals surface area (Å²) in [5.74, 6) is -0.102. The standard InChI is InChI=1S/C23H25N5O2S/c1-16(29)25-17-8-10-18(11-9-17)28-22(20-7-5-13-27(20)14-15-30-2)21(26-23(28)31)19-6-3-4-12-24-19/h3-13,21-22H,14-15H2,1-2H3,(H,25,29)(H,26,31)/t21-,22-/m1/s1. The van der Waals surface area contributed by atoms with Gasteiger partial charge in [-0.1, -0.05) is 6.07 Å². The van der Waals surface area contributed by atoms with Gasteiger partial charge in [-0.2, -0.15) is 0 Å². The van der Waals surface area contributed by atoms with Crippen LogP contribution in [0.25, 0.3) is 0 Å². The Balaban J connectivity index is 1.75. The third-order valence-corrected chi connectivity index (χ3v) is 5.58. The molecule has 1 amide bonds. The molecule has 4 rings (SSSR count). The molecule has 160 valence electrons. The van der Waals surface area contributed by atoms with Gasteiger partial charge in [0.15, 0.2) is 5.11 Å². The Morgan fingerprint density at radius 1 is 1.19 bits per heavy atom. The van der Waals surface area contributed by atoms with Gasteiger partial charge in [-0.25, -0.2) is 0 Å². The fourth-order valence-corrected chi connectivity index (χ4v) is 4.28. The van der Waals surface area contributed by atoms with Crippen molar-refractivity contribution in [1.82, 2.24) is 14.9 Å². The van der Waals surface area contributed by atoms with Crippen LogP contribution < -0.4 is 15.5 Å². The van der Waals surface area contributed by atoms with E-state index in [0.29, 0.717) is 11.7 Å². The topological polar surface area (TPSA) is 71.4 Å². The average Bonchev–Trinajstić information content (AvgIpc) is 3.36. The first-order valence-electron chi connectivity index (χ1n) is 10.1. The van der Waals surface area contributed by atoms with Crippen LogP contribution in [0.2, 0.25) is 0 Å². The summed E-state index contributed by atoms with van der Waals surface area (Å²) in [6.07, 6.45) is 3.86. The maximum Gasteiger partial charge on any atom is 0.221 e. The van der Waals surface area contributed by atoms with Crippen molar-refractivity contribution in [3.05, 3.63) is 78.4 Å². The lowest BCUT2D eigenvalue weighted by atomic mass is 10.0. The second-order valence-corrected chi connectivity index (χ2v) is 7.73. The number of nitrogens with one attached hydrogen (secondary N) is 2. The van der Waals surface area contributed by atoms with Gasteiger partial charge in [0.05, 0.1) is 18.3 Å². The van der Waals surface area contributed by atoms with Gasteiger partial charge in [-0.15, -0.1) is 0 Å². The van der Waals surface area contributed by atoms with Crippen molar-refractivity contribution in [2.75, 3.05) is 23.9 Å². The third-order valence-electron chi connectivity index (χ3n) is 5.27. The van der Waals surface area contributed by atoms with E-state index in [1.165, 1.54) is 6.92 Å². The van der Waals surface area contributed by atoms with Crippen LogP contribution >= 0.6 is 12.2 Å². The minimum Gasteiger partial charge on any atom is -0.383 e. The molecular weight excluding hydrogens is 410 g/mol. The summed E-state index contributed by atoms with van der Waals surface area (Å²) in [5.41, 5.74) is 3.72. The highest BCUT2D eigenvalue weighted by Crippen LogP contribution is 2.41. The van der Waals surface area contributed by atoms with E-state index in [0.717, 1.165) is 29.3 Å². The van der Waals surface area contributed by atoms with E-state index in [1.54, 1.807) is 13.3 Å². The van der Waals surface area contributed by atoms with Gasteiger partial charge in [0.25, 0.3) is 0 Å². The van der Waals surface area contributed by atoms with Gasteiger partial charge < -0.3 is 24.8 Å². The third kappa shape index (κ3) is 4.45. The van der Waals surface area contributed by atoms with Crippen LogP contribution in [0.15, 0.2) is 67.0 Å². The number of carbonyl (C=O) groups excluding carboxylic acids is 1. The predicted octanol–water partition coefficient (Wildman–Crippen LogP) is 3.67. The van der Waals surface area contributed by atoms with E-state index in [9.17, 15) is 4.79 Å². The molecule has 0 unspecified atom stereocenters. The number of hydrogen-bond donors (Lipinski definition) is 2. The SMILES string of the molecule is COCCn1cccc1[C@@H]1[C@@H](c2ccccn2)NC(=S)N1c1ccc(NC(C)=O)cc1. The van der Waals surface area contributed by atoms with Crippen molar-refractivity contribution in [3.8, 4) is 0 Å². The van der Waals surface area contributed by atoms with Gasteiger partial charge in [0, 0.05) is 50.0 Å². The molecule has 1 aliphatic heterocycles. The molecule has 1 aromatic carbocycles. The summed E-state index contributed by atoms with van der Waals surface area (Å²) < 4.78 is 7.49. The number of anilines is 2. The van der Waals surface area contributed by atoms with Crippen molar-refractivity contribution in [2.24, 2.45) is 0 Å². The largest absolute Gasteiger partial charge is 0.383 e. The molecule has 0 saturated carbocycles. The second kappa shape index (κ2) is 9.28. The smallest absolute Gasteiger partial charge is 0.221 e. The average molecular weight is 436 g/mol. The maximum absolute atomic E-state index is 11.4. The molecule has 1 fully saturated rings. The van der Waals surface area contributed by atoms with Gasteiger partial charge >= 0.3 is 0 Å². The summed E-state index contributed by atoms with van der Waals surface area (Å²) in [7, 11) is 1.70. The molecule has 3 heterocycles. The summed E-state index contributed by atoms with van der Waals surface area (Å²) >= 11 is 5.77. The lowest BCUT2D eigenvalue weighted by molar-refractivity contribution is -0.114. The second-order valence-electron chi connectivity index (χ2n) is 7.34. The van der Waals surface area contributed by atoms with Crippen molar-refractivity contribution in [3.63, 3.8) is 0 Å². The summed E-state index contributed by atoms with van der Waals surface area (Å²) in [5, 5.41) is 6.91. The summed E-state index contributed by atoms with van der Waals surface area (Å²) in [6, 6.07) is 17.6. The molecule has 0 radical (unpaired) electrons. The lowest BCUT2D eigenvalue weighted by Crippen LogP contribution is -2.30. The Hall–Kier alpha value is -3.23. The number of rotatable bonds is 7. The summed E-state index contributed by atoms with van der Waals surface area (Å²) in [6.45, 7) is 2.85. The number of aromatic nitrogens is 2. The van der Waals surface area contributed by atoms with Crippen LogP contribution in [0.1, 0.15) is 30.4 Å². The maximum atomic E-state index is 11.4. The van der Waals surface area contributed by atoms with Gasteiger partial charge in [0.1, 0.15) is 6.04 Å². The van der Waals surface area contributed by atoms with Crippen LogP contribution in [0, 0.1) is 0 Å². The van der Waals surface area contributed by atoms with Gasteiger partial charge in [-0.05, 0) is 60.7 Å². The van der Waals surface area contributed by atoms with Crippen molar-refractivity contribution in [2.45, 2.75) is 25.6 Å². The van der Waals surface area contributed by atoms with Crippen molar-refractivity contribution >= 4 is 34.6 Å². The molecule has 0 aliphatic carbocycles. The number of hydrogen-bond acceptors (Lipinski definition) is 4. The minimum absolute atomic E-state index is 0.0964. The van der Waals surface area contributed by atoms with E-state index in [-0.39, 0.29) is 18.0 Å². The number of amides is 1. The Morgan fingerprint density at radius 2 is 2.00 bits per heavy atom. The molecule has 0 bridgehead atoms. The molecule has 7 nitrogen and oxygen atoms in total. The Kier molecular flexibility index (Phi) is 6.29. The molecular formula is C23H25N5O2S. The van der Waals surface area contributed by atoms with Crippen molar-refractivity contribution in [1.29, 1.82) is 0 Å². The highest BCUT2D eigenvalue weighted by molar-refractivity contribution is 7.80. The predicted molar refractivity (Wildman–Crippen MR) is 125 cm³/mol. The van der Waals surface area contributed by atoms with Gasteiger partial charge in [0.2, 0.25) is 5.91 Å². The van der Waals surface area contributed by atoms with Crippen LogP contribution in [-0.2, 0) is 16.1 Å². The van der Waals surface area contributed by atoms with E-state index < -0.39 is 0 Å². The fourth-order valence-electron chi connectivity index (χ4n) is 3.93. The number of benzene rings is 1. The zero-order chi connectivity index (χ0) is 21.8. The Labute approximate surface area is 187 Å². The lowest BCUT2D eigenvalue weighted by Gasteiger charge is -2.29. The molecule has 3 aromatic rings. The monoisotopic (exact) mass is 435 g/mol. The first-order chi connectivity index (χ1) is 15.1. The quantitative estimate of drug-likeness (QED) is 0.552. The van der Waals surface area contributed by atoms with Crippen LogP contribution in [-0.4, -0.2) is 34.3 Å². The molecule has 2 atom stereocenters. The number of thiocarbonyl (C=S) groups is 1. The van der Waals surface area contributed by atoms with Crippen LogP contribution in [0.3, 0.4) is 0 Å². The normalized spacial score (nSPS) is 18.1. The van der Waals surface area contributed by atoms with Gasteiger partial charge in [-0.3, -0.25) is 9.78 Å². The van der Waals surface area contributed by atoms with Crippen LogP contribution in [0.5, 0.6) is 0 Å². The number of pyridine rings is 1. The molecule has 2 aromatic heterocycles. The highest BCUT2D eigenvalue weighted by Gasteiger charge is 2.41. The number of methoxy groups -OCH3 is 1. The summed E-state index contributed by atoms with van der Waals surface area (Å²) in [4.78, 5) is 18.1. The Bertz CT molecular complexity index is 1050. The van der Waals surface area contributed by atoms with E-state index in [4.69, 9.17) is 17.0 Å². The van der Waals surface area contributed by atoms with E-state index >= 15 is 0 Å². The molecule has 0 spiro atoms.